The lowest BCUT2D eigenvalue weighted by molar-refractivity contribution is 0.0597. The number of carbonyl (C=O) groups is 1. The van der Waals surface area contributed by atoms with Crippen LogP contribution in [0, 0.1) is 0 Å². The van der Waals surface area contributed by atoms with Gasteiger partial charge in [-0.2, -0.15) is 0 Å². The number of amides is 1. The Kier molecular flexibility index (Phi) is 4.95. The zero-order valence-corrected chi connectivity index (χ0v) is 19.2. The summed E-state index contributed by atoms with van der Waals surface area (Å²) < 4.78 is 1.71. The van der Waals surface area contributed by atoms with Crippen LogP contribution in [0.2, 0.25) is 0 Å². The molecule has 3 aromatic rings. The lowest BCUT2D eigenvalue weighted by Gasteiger charge is -2.46. The van der Waals surface area contributed by atoms with Crippen molar-refractivity contribution in [2.45, 2.75) is 31.3 Å². The van der Waals surface area contributed by atoms with E-state index in [-0.39, 0.29) is 23.7 Å². The zero-order chi connectivity index (χ0) is 23.4. The molecule has 1 aromatic heterocycles. The zero-order valence-electron chi connectivity index (χ0n) is 19.2. The van der Waals surface area contributed by atoms with Crippen molar-refractivity contribution >= 4 is 5.91 Å². The first-order chi connectivity index (χ1) is 16.5. The lowest BCUT2D eigenvalue weighted by Crippen LogP contribution is -2.58. The minimum atomic E-state index is -0.536. The molecule has 3 heterocycles. The highest BCUT2D eigenvalue weighted by molar-refractivity contribution is 5.96. The fourth-order valence-electron chi connectivity index (χ4n) is 5.82. The Morgan fingerprint density at radius 3 is 2.18 bits per heavy atom. The van der Waals surface area contributed by atoms with Gasteiger partial charge in [-0.25, -0.2) is 0 Å². The molecule has 1 saturated heterocycles. The van der Waals surface area contributed by atoms with E-state index in [1.54, 1.807) is 10.9 Å². The third-order valence-electron chi connectivity index (χ3n) is 7.56. The monoisotopic (exact) mass is 456 g/mol. The number of benzene rings is 2. The van der Waals surface area contributed by atoms with Gasteiger partial charge in [0.15, 0.2) is 11.4 Å². The van der Waals surface area contributed by atoms with Crippen molar-refractivity contribution in [2.75, 3.05) is 31.8 Å². The summed E-state index contributed by atoms with van der Waals surface area (Å²) in [4.78, 5) is 30.1. The summed E-state index contributed by atoms with van der Waals surface area (Å²) in [6, 6.07) is 18.1. The minimum Gasteiger partial charge on any atom is -0.502 e. The highest BCUT2D eigenvalue weighted by Gasteiger charge is 2.41. The van der Waals surface area contributed by atoms with Crippen molar-refractivity contribution in [3.05, 3.63) is 99.0 Å². The molecule has 34 heavy (non-hydrogen) atoms. The molecule has 0 spiro atoms. The third kappa shape index (κ3) is 3.22. The number of likely N-dealkylation sites (N-methyl/N-ethyl adjacent to an activating group) is 1. The van der Waals surface area contributed by atoms with Gasteiger partial charge in [0.1, 0.15) is 6.67 Å². The second-order valence-electron chi connectivity index (χ2n) is 9.58. The van der Waals surface area contributed by atoms with Crippen molar-refractivity contribution in [3.63, 3.8) is 0 Å². The molecule has 0 radical (unpaired) electrons. The molecule has 0 bridgehead atoms. The van der Waals surface area contributed by atoms with E-state index < -0.39 is 11.2 Å². The fraction of sp³-hybridized carbons (Fsp3) is 0.333. The molecule has 7 nitrogen and oxygen atoms in total. The van der Waals surface area contributed by atoms with Gasteiger partial charge >= 0.3 is 0 Å². The normalized spacial score (nSPS) is 20.6. The minimum absolute atomic E-state index is 0.0275. The van der Waals surface area contributed by atoms with Gasteiger partial charge in [0.05, 0.1) is 6.04 Å². The van der Waals surface area contributed by atoms with E-state index in [1.807, 2.05) is 4.90 Å². The summed E-state index contributed by atoms with van der Waals surface area (Å²) in [6.07, 6.45) is 4.38. The second kappa shape index (κ2) is 8.02. The van der Waals surface area contributed by atoms with Crippen LogP contribution in [-0.4, -0.2) is 58.3 Å². The van der Waals surface area contributed by atoms with Crippen LogP contribution < -0.4 is 10.4 Å². The first-order valence-electron chi connectivity index (χ1n) is 11.9. The second-order valence-corrected chi connectivity index (χ2v) is 9.58. The average molecular weight is 457 g/mol. The van der Waals surface area contributed by atoms with Crippen molar-refractivity contribution in [3.8, 4) is 5.75 Å². The molecule has 3 aliphatic rings. The Labute approximate surface area is 198 Å². The highest BCUT2D eigenvalue weighted by atomic mass is 16.3. The molecule has 7 heteroatoms. The number of aryl methyl sites for hydroxylation is 2. The molecular formula is C27H28N4O3. The number of hydrogen-bond donors (Lipinski definition) is 1. The Hall–Kier alpha value is -3.58. The van der Waals surface area contributed by atoms with Crippen molar-refractivity contribution in [2.24, 2.45) is 0 Å². The standard InChI is InChI=1S/C27H28N4O3/c1-28-14-12-20(16-28)29-17-31(30-15-13-23(32)26(33)25(30)27(29)34)24-21-8-4-2-6-18(21)10-11-19-7-3-5-9-22(19)24/h2-9,13,15,20,24,33H,10-12,14,16-17H2,1H3/t20-/m1/s1. The van der Waals surface area contributed by atoms with E-state index in [1.165, 1.54) is 28.3 Å². The maximum atomic E-state index is 13.6. The number of likely N-dealkylation sites (tertiary alicyclic amines) is 1. The molecule has 6 rings (SSSR count). The first kappa shape index (κ1) is 21.0. The molecule has 0 unspecified atom stereocenters. The maximum absolute atomic E-state index is 13.6. The maximum Gasteiger partial charge on any atom is 0.278 e. The van der Waals surface area contributed by atoms with Crippen LogP contribution in [0.1, 0.15) is 45.2 Å². The molecule has 1 aliphatic carbocycles. The number of rotatable bonds is 2. The number of aromatic nitrogens is 1. The van der Waals surface area contributed by atoms with Crippen LogP contribution in [0.4, 0.5) is 0 Å². The Morgan fingerprint density at radius 2 is 1.56 bits per heavy atom. The van der Waals surface area contributed by atoms with Gasteiger partial charge in [0.25, 0.3) is 5.91 Å². The first-order valence-corrected chi connectivity index (χ1v) is 11.9. The third-order valence-corrected chi connectivity index (χ3v) is 7.56. The van der Waals surface area contributed by atoms with Gasteiger partial charge in [-0.05, 0) is 55.1 Å². The molecule has 1 atom stereocenters. The van der Waals surface area contributed by atoms with E-state index in [2.05, 4.69) is 65.5 Å². The van der Waals surface area contributed by atoms with Crippen molar-refractivity contribution in [1.29, 1.82) is 0 Å². The van der Waals surface area contributed by atoms with Crippen LogP contribution in [0.3, 0.4) is 0 Å². The van der Waals surface area contributed by atoms with Crippen molar-refractivity contribution in [1.82, 2.24) is 14.5 Å². The van der Waals surface area contributed by atoms with Gasteiger partial charge in [0.2, 0.25) is 5.43 Å². The molecule has 174 valence electrons. The van der Waals surface area contributed by atoms with E-state index in [4.69, 9.17) is 0 Å². The number of fused-ring (bicyclic) bond motifs is 3. The Morgan fingerprint density at radius 1 is 0.912 bits per heavy atom. The molecular weight excluding hydrogens is 428 g/mol. The summed E-state index contributed by atoms with van der Waals surface area (Å²) >= 11 is 0. The van der Waals surface area contributed by atoms with Gasteiger partial charge in [-0.3, -0.25) is 19.3 Å². The van der Waals surface area contributed by atoms with Crippen LogP contribution in [0.25, 0.3) is 0 Å². The number of pyridine rings is 1. The number of nitrogens with zero attached hydrogens (tertiary/aromatic N) is 4. The van der Waals surface area contributed by atoms with E-state index in [0.717, 1.165) is 32.4 Å². The predicted molar refractivity (Wildman–Crippen MR) is 130 cm³/mol. The summed E-state index contributed by atoms with van der Waals surface area (Å²) in [6.45, 7) is 2.06. The molecule has 0 saturated carbocycles. The highest BCUT2D eigenvalue weighted by Crippen LogP contribution is 2.38. The smallest absolute Gasteiger partial charge is 0.278 e. The predicted octanol–water partition coefficient (Wildman–Crippen LogP) is 2.50. The topological polar surface area (TPSA) is 69.0 Å². The molecule has 2 aromatic carbocycles. The number of carbonyl (C=O) groups excluding carboxylic acids is 1. The summed E-state index contributed by atoms with van der Waals surface area (Å²) in [5.74, 6) is -0.773. The summed E-state index contributed by atoms with van der Waals surface area (Å²) in [5.41, 5.74) is 4.45. The van der Waals surface area contributed by atoms with Crippen molar-refractivity contribution < 1.29 is 9.90 Å². The molecule has 1 amide bonds. The fourth-order valence-corrected chi connectivity index (χ4v) is 5.82. The van der Waals surface area contributed by atoms with Gasteiger partial charge < -0.3 is 14.9 Å². The molecule has 2 aliphatic heterocycles. The molecule has 1 fully saturated rings. The average Bonchev–Trinajstić information content (AvgIpc) is 3.20. The number of aromatic hydroxyl groups is 1. The number of hydrogen-bond acceptors (Lipinski definition) is 5. The lowest BCUT2D eigenvalue weighted by atomic mass is 9.94. The van der Waals surface area contributed by atoms with E-state index in [9.17, 15) is 14.7 Å². The Bertz CT molecular complexity index is 1290. The van der Waals surface area contributed by atoms with E-state index >= 15 is 0 Å². The quantitative estimate of drug-likeness (QED) is 0.642. The van der Waals surface area contributed by atoms with Crippen LogP contribution in [0.15, 0.2) is 65.6 Å². The van der Waals surface area contributed by atoms with Crippen LogP contribution >= 0.6 is 0 Å². The summed E-state index contributed by atoms with van der Waals surface area (Å²) in [7, 11) is 2.06. The summed E-state index contributed by atoms with van der Waals surface area (Å²) in [5, 5.41) is 12.9. The van der Waals surface area contributed by atoms with Crippen LogP contribution in [-0.2, 0) is 12.8 Å². The molecule has 1 N–H and O–H groups in total. The van der Waals surface area contributed by atoms with Gasteiger partial charge in [-0.1, -0.05) is 48.5 Å². The van der Waals surface area contributed by atoms with Gasteiger partial charge in [0, 0.05) is 24.8 Å². The van der Waals surface area contributed by atoms with Crippen LogP contribution in [0.5, 0.6) is 5.75 Å². The largest absolute Gasteiger partial charge is 0.502 e. The SMILES string of the molecule is CN1CC[C@@H](N2CN(C3c4ccccc4CCc4ccccc43)n3ccc(=O)c(O)c3C2=O)C1. The van der Waals surface area contributed by atoms with Gasteiger partial charge in [-0.15, -0.1) is 0 Å². The Balaban J connectivity index is 1.57. The van der Waals surface area contributed by atoms with E-state index in [0.29, 0.717) is 6.67 Å².